The van der Waals surface area contributed by atoms with Crippen LogP contribution in [0.5, 0.6) is 0 Å². The minimum absolute atomic E-state index is 0.580. The molecule has 0 radical (unpaired) electrons. The molecule has 1 rings (SSSR count). The van der Waals surface area contributed by atoms with Gasteiger partial charge in [-0.1, -0.05) is 6.92 Å². The number of rotatable bonds is 3. The highest BCUT2D eigenvalue weighted by atomic mass is 16.4. The first-order chi connectivity index (χ1) is 5.66. The van der Waals surface area contributed by atoms with Gasteiger partial charge in [-0.3, -0.25) is 9.69 Å². The number of hydrogen-bond donors (Lipinski definition) is 2. The van der Waals surface area contributed by atoms with Crippen LogP contribution in [0.4, 0.5) is 0 Å². The highest BCUT2D eigenvalue weighted by molar-refractivity contribution is 5.74. The molecule has 4 nitrogen and oxygen atoms in total. The fourth-order valence-electron chi connectivity index (χ4n) is 1.70. The van der Waals surface area contributed by atoms with Crippen LogP contribution in [0, 0.1) is 0 Å². The predicted molar refractivity (Wildman–Crippen MR) is 43.9 cm³/mol. The van der Waals surface area contributed by atoms with Crippen LogP contribution in [0.25, 0.3) is 0 Å². The Labute approximate surface area is 71.8 Å². The number of hydrogen-bond acceptors (Lipinski definition) is 3. The zero-order valence-corrected chi connectivity index (χ0v) is 7.23. The van der Waals surface area contributed by atoms with Gasteiger partial charge in [0.25, 0.3) is 0 Å². The van der Waals surface area contributed by atoms with E-state index in [1.54, 1.807) is 0 Å². The smallest absolute Gasteiger partial charge is 0.323 e. The summed E-state index contributed by atoms with van der Waals surface area (Å²) in [6.07, 6.45) is 0.821. The Bertz CT molecular complexity index is 170. The summed E-state index contributed by atoms with van der Waals surface area (Å²) >= 11 is 0. The molecular weight excluding hydrogens is 158 g/mol. The lowest BCUT2D eigenvalue weighted by Gasteiger charge is -2.21. The molecule has 1 heterocycles. The number of carboxylic acid groups (broad SMARTS) is 1. The van der Waals surface area contributed by atoms with Gasteiger partial charge in [0.1, 0.15) is 6.04 Å². The summed E-state index contributed by atoms with van der Waals surface area (Å²) in [6, 6.07) is -0.676. The van der Waals surface area contributed by atoms with Crippen molar-refractivity contribution in [3.8, 4) is 0 Å². The maximum absolute atomic E-state index is 10.7. The van der Waals surface area contributed by atoms with E-state index in [4.69, 9.17) is 5.11 Å². The molecule has 1 aliphatic rings. The number of aliphatic hydroxyl groups excluding tert-OH is 1. The van der Waals surface area contributed by atoms with Gasteiger partial charge in [0.05, 0.1) is 6.10 Å². The lowest BCUT2D eigenvalue weighted by molar-refractivity contribution is -0.144. The normalized spacial score (nSPS) is 30.8. The quantitative estimate of drug-likeness (QED) is 0.626. The molecule has 70 valence electrons. The number of aliphatic hydroxyl groups is 1. The Morgan fingerprint density at radius 1 is 1.67 bits per heavy atom. The van der Waals surface area contributed by atoms with Crippen molar-refractivity contribution in [2.24, 2.45) is 0 Å². The summed E-state index contributed by atoms with van der Waals surface area (Å²) in [4.78, 5) is 12.5. The Balaban J connectivity index is 2.57. The van der Waals surface area contributed by atoms with Crippen molar-refractivity contribution in [2.45, 2.75) is 31.9 Å². The van der Waals surface area contributed by atoms with Gasteiger partial charge in [-0.2, -0.15) is 0 Å². The van der Waals surface area contributed by atoms with Gasteiger partial charge in [-0.25, -0.2) is 0 Å². The second-order valence-electron chi connectivity index (χ2n) is 3.18. The third-order valence-electron chi connectivity index (χ3n) is 2.23. The standard InChI is InChI=1S/C8H15NO3/c1-2-4-9-5-3-6(10)7(9)8(11)12/h6-7,10H,2-5H2,1H3,(H,11,12)/t6?,7-/m0/s1. The van der Waals surface area contributed by atoms with Crippen LogP contribution in [0.1, 0.15) is 19.8 Å². The van der Waals surface area contributed by atoms with E-state index in [0.717, 1.165) is 13.0 Å². The maximum atomic E-state index is 10.7. The summed E-state index contributed by atoms with van der Waals surface area (Å²) in [5.74, 6) is -0.909. The van der Waals surface area contributed by atoms with Crippen molar-refractivity contribution >= 4 is 5.97 Å². The molecule has 2 atom stereocenters. The van der Waals surface area contributed by atoms with Crippen molar-refractivity contribution in [3.05, 3.63) is 0 Å². The molecule has 0 aromatic heterocycles. The van der Waals surface area contributed by atoms with Gasteiger partial charge < -0.3 is 10.2 Å². The summed E-state index contributed by atoms with van der Waals surface area (Å²) in [7, 11) is 0. The number of aliphatic carboxylic acids is 1. The van der Waals surface area contributed by atoms with Crippen LogP contribution in [0.3, 0.4) is 0 Å². The first kappa shape index (κ1) is 9.48. The molecule has 0 aliphatic carbocycles. The van der Waals surface area contributed by atoms with Crippen LogP contribution in [0.2, 0.25) is 0 Å². The summed E-state index contributed by atoms with van der Waals surface area (Å²) in [6.45, 7) is 3.46. The SMILES string of the molecule is CCCN1CCC(O)[C@H]1C(=O)O. The monoisotopic (exact) mass is 173 g/mol. The van der Waals surface area contributed by atoms with E-state index in [1.807, 2.05) is 11.8 Å². The van der Waals surface area contributed by atoms with Crippen molar-refractivity contribution in [2.75, 3.05) is 13.1 Å². The molecule has 0 aromatic carbocycles. The molecule has 1 saturated heterocycles. The summed E-state index contributed by atoms with van der Waals surface area (Å²) < 4.78 is 0. The average molecular weight is 173 g/mol. The Morgan fingerprint density at radius 3 is 2.83 bits per heavy atom. The van der Waals surface area contributed by atoms with Gasteiger partial charge in [0.15, 0.2) is 0 Å². The van der Waals surface area contributed by atoms with E-state index in [2.05, 4.69) is 0 Å². The molecule has 0 aromatic rings. The van der Waals surface area contributed by atoms with Crippen LogP contribution in [-0.2, 0) is 4.79 Å². The van der Waals surface area contributed by atoms with Gasteiger partial charge in [-0.05, 0) is 19.4 Å². The van der Waals surface area contributed by atoms with Crippen LogP contribution in [0.15, 0.2) is 0 Å². The topological polar surface area (TPSA) is 60.8 Å². The molecule has 0 saturated carbocycles. The van der Waals surface area contributed by atoms with E-state index in [9.17, 15) is 9.90 Å². The number of carbonyl (C=O) groups is 1. The number of carboxylic acids is 1. The van der Waals surface area contributed by atoms with E-state index < -0.39 is 18.1 Å². The fourth-order valence-corrected chi connectivity index (χ4v) is 1.70. The van der Waals surface area contributed by atoms with E-state index >= 15 is 0 Å². The van der Waals surface area contributed by atoms with Crippen molar-refractivity contribution < 1.29 is 15.0 Å². The van der Waals surface area contributed by atoms with E-state index in [1.165, 1.54) is 0 Å². The third kappa shape index (κ3) is 1.76. The second-order valence-corrected chi connectivity index (χ2v) is 3.18. The maximum Gasteiger partial charge on any atom is 0.323 e. The van der Waals surface area contributed by atoms with Gasteiger partial charge >= 0.3 is 5.97 Å². The highest BCUT2D eigenvalue weighted by Crippen LogP contribution is 2.17. The molecule has 0 spiro atoms. The molecule has 12 heavy (non-hydrogen) atoms. The molecule has 1 fully saturated rings. The lowest BCUT2D eigenvalue weighted by Crippen LogP contribution is -2.42. The molecule has 1 aliphatic heterocycles. The van der Waals surface area contributed by atoms with Crippen molar-refractivity contribution in [1.82, 2.24) is 4.90 Å². The van der Waals surface area contributed by atoms with E-state index in [-0.39, 0.29) is 0 Å². The van der Waals surface area contributed by atoms with Gasteiger partial charge in [-0.15, -0.1) is 0 Å². The van der Waals surface area contributed by atoms with Crippen molar-refractivity contribution in [1.29, 1.82) is 0 Å². The minimum Gasteiger partial charge on any atom is -0.480 e. The average Bonchev–Trinajstić information content (AvgIpc) is 2.32. The third-order valence-corrected chi connectivity index (χ3v) is 2.23. The Kier molecular flexibility index (Phi) is 3.05. The molecule has 0 bridgehead atoms. The Morgan fingerprint density at radius 2 is 2.33 bits per heavy atom. The number of nitrogens with zero attached hydrogens (tertiary/aromatic N) is 1. The Hall–Kier alpha value is -0.610. The zero-order valence-electron chi connectivity index (χ0n) is 7.23. The predicted octanol–water partition coefficient (Wildman–Crippen LogP) is -0.0838. The van der Waals surface area contributed by atoms with Crippen LogP contribution in [-0.4, -0.2) is 46.3 Å². The van der Waals surface area contributed by atoms with Crippen molar-refractivity contribution in [3.63, 3.8) is 0 Å². The van der Waals surface area contributed by atoms with Gasteiger partial charge in [0.2, 0.25) is 0 Å². The summed E-state index contributed by atoms with van der Waals surface area (Å²) in [5.41, 5.74) is 0. The first-order valence-corrected chi connectivity index (χ1v) is 4.31. The first-order valence-electron chi connectivity index (χ1n) is 4.31. The molecule has 1 unspecified atom stereocenters. The number of likely N-dealkylation sites (tertiary alicyclic amines) is 1. The lowest BCUT2D eigenvalue weighted by atomic mass is 10.2. The largest absolute Gasteiger partial charge is 0.480 e. The zero-order chi connectivity index (χ0) is 9.14. The van der Waals surface area contributed by atoms with Crippen LogP contribution >= 0.6 is 0 Å². The molecule has 4 heteroatoms. The van der Waals surface area contributed by atoms with Crippen LogP contribution < -0.4 is 0 Å². The van der Waals surface area contributed by atoms with Gasteiger partial charge in [0, 0.05) is 6.54 Å². The second kappa shape index (κ2) is 3.87. The van der Waals surface area contributed by atoms with E-state index in [0.29, 0.717) is 13.0 Å². The fraction of sp³-hybridized carbons (Fsp3) is 0.875. The minimum atomic E-state index is -0.909. The molecular formula is C8H15NO3. The summed E-state index contributed by atoms with van der Waals surface area (Å²) in [5, 5.41) is 18.1. The molecule has 2 N–H and O–H groups in total. The molecule has 0 amide bonds. The highest BCUT2D eigenvalue weighted by Gasteiger charge is 2.37.